The van der Waals surface area contributed by atoms with Gasteiger partial charge in [-0.15, -0.1) is 0 Å². The number of rotatable bonds is 8. The summed E-state index contributed by atoms with van der Waals surface area (Å²) in [6.45, 7) is 3.90. The zero-order chi connectivity index (χ0) is 26.0. The molecule has 0 atom stereocenters. The molecule has 0 saturated carbocycles. The number of nitrogens with zero attached hydrogens (tertiary/aromatic N) is 4. The Kier molecular flexibility index (Phi) is 6.71. The van der Waals surface area contributed by atoms with Crippen molar-refractivity contribution in [3.63, 3.8) is 0 Å². The quantitative estimate of drug-likeness (QED) is 0.303. The van der Waals surface area contributed by atoms with Gasteiger partial charge in [-0.3, -0.25) is 0 Å². The lowest BCUT2D eigenvalue weighted by Crippen LogP contribution is -2.05. The number of aromatic nitrogens is 4. The Balaban J connectivity index is 1.80. The predicted octanol–water partition coefficient (Wildman–Crippen LogP) is 4.76. The van der Waals surface area contributed by atoms with Crippen molar-refractivity contribution in [1.29, 1.82) is 5.26 Å². The van der Waals surface area contributed by atoms with Crippen molar-refractivity contribution in [2.24, 2.45) is 0 Å². The minimum absolute atomic E-state index is 0.0391. The molecule has 0 radical (unpaired) electrons. The molecule has 186 valence electrons. The third-order valence-corrected chi connectivity index (χ3v) is 6.14. The number of halogens is 2. The number of imidazole rings is 1. The van der Waals surface area contributed by atoms with Crippen molar-refractivity contribution in [2.45, 2.75) is 25.2 Å². The normalized spacial score (nSPS) is 11.5. The van der Waals surface area contributed by atoms with Gasteiger partial charge in [0.1, 0.15) is 23.2 Å². The summed E-state index contributed by atoms with van der Waals surface area (Å²) < 4.78 is 56.8. The molecule has 0 fully saturated rings. The van der Waals surface area contributed by atoms with Crippen LogP contribution in [0.5, 0.6) is 5.75 Å². The molecule has 0 unspecified atom stereocenters. The number of sulfone groups is 1. The number of nitrogens with one attached hydrogen (secondary N) is 3. The summed E-state index contributed by atoms with van der Waals surface area (Å²) in [7, 11) is -3.61. The van der Waals surface area contributed by atoms with E-state index >= 15 is 0 Å². The summed E-state index contributed by atoms with van der Waals surface area (Å²) in [4.78, 5) is 15.0. The van der Waals surface area contributed by atoms with Gasteiger partial charge in [0.05, 0.1) is 22.9 Å². The van der Waals surface area contributed by atoms with Crippen LogP contribution in [0.15, 0.2) is 41.3 Å². The number of aromatic amines is 1. The number of hydrogen-bond acceptors (Lipinski definition) is 9. The topological polar surface area (TPSA) is 146 Å². The van der Waals surface area contributed by atoms with E-state index in [9.17, 15) is 22.5 Å². The van der Waals surface area contributed by atoms with E-state index in [1.807, 2.05) is 6.07 Å². The number of anilines is 4. The molecule has 0 aliphatic rings. The second-order valence-electron chi connectivity index (χ2n) is 7.78. The zero-order valence-electron chi connectivity index (χ0n) is 19.4. The van der Waals surface area contributed by atoms with E-state index in [1.54, 1.807) is 38.1 Å². The van der Waals surface area contributed by atoms with Crippen molar-refractivity contribution in [1.82, 2.24) is 19.9 Å². The van der Waals surface area contributed by atoms with E-state index in [2.05, 4.69) is 30.6 Å². The fraction of sp³-hybridized carbons (Fsp3) is 0.217. The Morgan fingerprint density at radius 1 is 1.08 bits per heavy atom. The Morgan fingerprint density at radius 3 is 2.53 bits per heavy atom. The van der Waals surface area contributed by atoms with Gasteiger partial charge in [-0.05, 0) is 43.7 Å². The first-order chi connectivity index (χ1) is 17.1. The highest BCUT2D eigenvalue weighted by atomic mass is 32.2. The van der Waals surface area contributed by atoms with Gasteiger partial charge in [-0.25, -0.2) is 32.2 Å². The van der Waals surface area contributed by atoms with E-state index in [4.69, 9.17) is 4.74 Å². The standard InChI is InChI=1S/C23H21F2N7O3S/c1-4-35-16-7-8-18(28-15(16)11-26)29-19-10-14(20-22(30-19)32-23(31-20)21(24)25)27-13-6-5-12(2)9-17(13)36(3,33)34/h5-10,21H,4H2,1-3H3,(H3,27,28,29,30,31,32). The molecule has 4 aromatic rings. The molecule has 13 heteroatoms. The Hall–Kier alpha value is -4.31. The van der Waals surface area contributed by atoms with Crippen molar-refractivity contribution < 1.29 is 21.9 Å². The third kappa shape index (κ3) is 5.18. The molecule has 36 heavy (non-hydrogen) atoms. The number of ether oxygens (including phenoxy) is 1. The molecular weight excluding hydrogens is 492 g/mol. The highest BCUT2D eigenvalue weighted by Gasteiger charge is 2.20. The SMILES string of the molecule is CCOc1ccc(Nc2cc(Nc3ccc(C)cc3S(C)(=O)=O)c3nc(C(F)F)[nH]c3n2)nc1C#N. The number of hydrogen-bond donors (Lipinski definition) is 3. The van der Waals surface area contributed by atoms with Crippen LogP contribution in [0.25, 0.3) is 11.2 Å². The van der Waals surface area contributed by atoms with Gasteiger partial charge in [-0.2, -0.15) is 5.26 Å². The van der Waals surface area contributed by atoms with Gasteiger partial charge in [0, 0.05) is 12.3 Å². The van der Waals surface area contributed by atoms with Crippen molar-refractivity contribution in [3.05, 3.63) is 53.5 Å². The summed E-state index contributed by atoms with van der Waals surface area (Å²) in [5.41, 5.74) is 1.39. The Bertz CT molecular complexity index is 1600. The minimum atomic E-state index is -3.61. The monoisotopic (exact) mass is 513 g/mol. The highest BCUT2D eigenvalue weighted by Crippen LogP contribution is 2.33. The van der Waals surface area contributed by atoms with Crippen LogP contribution in [-0.4, -0.2) is 41.2 Å². The lowest BCUT2D eigenvalue weighted by molar-refractivity contribution is 0.142. The van der Waals surface area contributed by atoms with E-state index in [-0.39, 0.29) is 44.8 Å². The van der Waals surface area contributed by atoms with Gasteiger partial charge < -0.3 is 20.4 Å². The predicted molar refractivity (Wildman–Crippen MR) is 130 cm³/mol. The van der Waals surface area contributed by atoms with Gasteiger partial charge in [0.25, 0.3) is 6.43 Å². The van der Waals surface area contributed by atoms with Crippen molar-refractivity contribution in [2.75, 3.05) is 23.5 Å². The molecule has 3 aromatic heterocycles. The second-order valence-corrected chi connectivity index (χ2v) is 9.77. The molecule has 1 aromatic carbocycles. The molecule has 0 saturated heterocycles. The molecule has 0 aliphatic carbocycles. The van der Waals surface area contributed by atoms with Crippen LogP contribution in [0.3, 0.4) is 0 Å². The summed E-state index contributed by atoms with van der Waals surface area (Å²) in [5, 5.41) is 15.3. The fourth-order valence-electron chi connectivity index (χ4n) is 3.45. The number of alkyl halides is 2. The summed E-state index contributed by atoms with van der Waals surface area (Å²) >= 11 is 0. The van der Waals surface area contributed by atoms with Crippen LogP contribution < -0.4 is 15.4 Å². The molecule has 10 nitrogen and oxygen atoms in total. The number of fused-ring (bicyclic) bond motifs is 1. The second kappa shape index (κ2) is 9.74. The minimum Gasteiger partial charge on any atom is -0.491 e. The lowest BCUT2D eigenvalue weighted by atomic mass is 10.2. The maximum atomic E-state index is 13.4. The number of H-pyrrole nitrogens is 1. The van der Waals surface area contributed by atoms with Gasteiger partial charge in [-0.1, -0.05) is 6.07 Å². The molecular formula is C23H21F2N7O3S. The summed E-state index contributed by atoms with van der Waals surface area (Å²) in [5.74, 6) is 0.173. The first kappa shape index (κ1) is 24.8. The van der Waals surface area contributed by atoms with Crippen LogP contribution in [0.4, 0.5) is 31.8 Å². The number of benzene rings is 1. The first-order valence-electron chi connectivity index (χ1n) is 10.7. The van der Waals surface area contributed by atoms with Crippen LogP contribution in [-0.2, 0) is 9.84 Å². The molecule has 0 spiro atoms. The zero-order valence-corrected chi connectivity index (χ0v) is 20.2. The molecule has 4 rings (SSSR count). The molecule has 0 amide bonds. The van der Waals surface area contributed by atoms with Crippen LogP contribution >= 0.6 is 0 Å². The molecule has 3 heterocycles. The number of aryl methyl sites for hydroxylation is 1. The van der Waals surface area contributed by atoms with Crippen molar-refractivity contribution >= 4 is 44.0 Å². The van der Waals surface area contributed by atoms with Gasteiger partial charge in [0.15, 0.2) is 32.8 Å². The highest BCUT2D eigenvalue weighted by molar-refractivity contribution is 7.90. The molecule has 0 aliphatic heterocycles. The Labute approximate surface area is 205 Å². The molecule has 3 N–H and O–H groups in total. The van der Waals surface area contributed by atoms with E-state index in [0.29, 0.717) is 12.4 Å². The largest absolute Gasteiger partial charge is 0.491 e. The maximum absolute atomic E-state index is 13.4. The van der Waals surface area contributed by atoms with E-state index in [0.717, 1.165) is 11.8 Å². The van der Waals surface area contributed by atoms with E-state index < -0.39 is 22.1 Å². The first-order valence-corrected chi connectivity index (χ1v) is 12.6. The smallest absolute Gasteiger partial charge is 0.295 e. The van der Waals surface area contributed by atoms with Crippen LogP contribution in [0.1, 0.15) is 30.4 Å². The summed E-state index contributed by atoms with van der Waals surface area (Å²) in [6, 6.07) is 11.4. The van der Waals surface area contributed by atoms with Crippen LogP contribution in [0.2, 0.25) is 0 Å². The Morgan fingerprint density at radius 2 is 1.86 bits per heavy atom. The lowest BCUT2D eigenvalue weighted by Gasteiger charge is -2.14. The number of nitriles is 1. The van der Waals surface area contributed by atoms with Gasteiger partial charge in [0.2, 0.25) is 0 Å². The maximum Gasteiger partial charge on any atom is 0.295 e. The van der Waals surface area contributed by atoms with Crippen molar-refractivity contribution in [3.8, 4) is 11.8 Å². The summed E-state index contributed by atoms with van der Waals surface area (Å²) in [6.07, 6.45) is -1.80. The van der Waals surface area contributed by atoms with E-state index in [1.165, 1.54) is 12.1 Å². The van der Waals surface area contributed by atoms with Crippen LogP contribution in [0, 0.1) is 18.3 Å². The average molecular weight is 514 g/mol. The molecule has 0 bridgehead atoms. The fourth-order valence-corrected chi connectivity index (χ4v) is 4.37. The number of pyridine rings is 2. The third-order valence-electron chi connectivity index (χ3n) is 5.00. The average Bonchev–Trinajstić information content (AvgIpc) is 3.25. The van der Waals surface area contributed by atoms with Gasteiger partial charge >= 0.3 is 0 Å².